The summed E-state index contributed by atoms with van der Waals surface area (Å²) in [6, 6.07) is 7.54. The number of rotatable bonds is 6. The lowest BCUT2D eigenvalue weighted by atomic mass is 9.74. The van der Waals surface area contributed by atoms with E-state index in [0.717, 1.165) is 28.0 Å². The van der Waals surface area contributed by atoms with Gasteiger partial charge in [0.1, 0.15) is 10.8 Å². The van der Waals surface area contributed by atoms with Crippen molar-refractivity contribution in [2.75, 3.05) is 24.7 Å². The lowest BCUT2D eigenvalue weighted by Gasteiger charge is -2.38. The number of carbonyl (C=O) groups is 2. The van der Waals surface area contributed by atoms with Gasteiger partial charge in [-0.3, -0.25) is 14.2 Å². The molecule has 1 spiro atoms. The van der Waals surface area contributed by atoms with Gasteiger partial charge in [0.2, 0.25) is 5.91 Å². The zero-order chi connectivity index (χ0) is 27.1. The number of halogens is 2. The topological polar surface area (TPSA) is 80.6 Å². The Bertz CT molecular complexity index is 1360. The highest BCUT2D eigenvalue weighted by Crippen LogP contribution is 2.48. The third-order valence-electron chi connectivity index (χ3n) is 7.42. The van der Waals surface area contributed by atoms with Crippen molar-refractivity contribution in [2.24, 2.45) is 0 Å². The second kappa shape index (κ2) is 10.2. The number of ether oxygens (including phenoxy) is 1. The highest BCUT2D eigenvalue weighted by atomic mass is 35.5. The summed E-state index contributed by atoms with van der Waals surface area (Å²) >= 11 is 6.15. The van der Waals surface area contributed by atoms with Crippen LogP contribution in [0.25, 0.3) is 11.0 Å². The normalized spacial score (nSPS) is 16.9. The smallest absolute Gasteiger partial charge is 0.410 e. The Kier molecular flexibility index (Phi) is 7.07. The molecule has 0 radical (unpaired) electrons. The SMILES string of the molecule is CC(C)(C)OC(=O)N1CCC2(CC1)C(=O)N(Cc1cc3nc(Cl)ccc3n1CCCCF)c1cnccc12. The molecular formula is C28H33ClFN5O3. The Morgan fingerprint density at radius 3 is 2.66 bits per heavy atom. The van der Waals surface area contributed by atoms with Gasteiger partial charge in [0.15, 0.2) is 0 Å². The molecule has 0 aliphatic carbocycles. The van der Waals surface area contributed by atoms with E-state index < -0.39 is 11.0 Å². The number of amides is 2. The van der Waals surface area contributed by atoms with E-state index in [9.17, 15) is 14.0 Å². The van der Waals surface area contributed by atoms with E-state index in [-0.39, 0.29) is 18.7 Å². The van der Waals surface area contributed by atoms with Crippen LogP contribution in [-0.2, 0) is 28.0 Å². The van der Waals surface area contributed by atoms with Crippen LogP contribution in [-0.4, -0.2) is 56.8 Å². The van der Waals surface area contributed by atoms with Crippen LogP contribution >= 0.6 is 11.6 Å². The van der Waals surface area contributed by atoms with Crippen LogP contribution in [0.1, 0.15) is 57.7 Å². The number of carbonyl (C=O) groups excluding carboxylic acids is 2. The van der Waals surface area contributed by atoms with E-state index in [0.29, 0.717) is 57.0 Å². The first-order valence-corrected chi connectivity index (χ1v) is 13.5. The predicted molar refractivity (Wildman–Crippen MR) is 144 cm³/mol. The third kappa shape index (κ3) is 4.84. The molecule has 202 valence electrons. The van der Waals surface area contributed by atoms with Crippen molar-refractivity contribution in [3.05, 3.63) is 53.1 Å². The van der Waals surface area contributed by atoms with Crippen molar-refractivity contribution < 1.29 is 18.7 Å². The van der Waals surface area contributed by atoms with E-state index in [1.54, 1.807) is 28.3 Å². The van der Waals surface area contributed by atoms with Gasteiger partial charge < -0.3 is 19.1 Å². The summed E-state index contributed by atoms with van der Waals surface area (Å²) in [6.45, 7) is 6.98. The molecule has 38 heavy (non-hydrogen) atoms. The maximum absolute atomic E-state index is 14.2. The fourth-order valence-electron chi connectivity index (χ4n) is 5.62. The Morgan fingerprint density at radius 1 is 1.18 bits per heavy atom. The Balaban J connectivity index is 1.44. The summed E-state index contributed by atoms with van der Waals surface area (Å²) < 4.78 is 20.5. The first kappa shape index (κ1) is 26.4. The second-order valence-corrected chi connectivity index (χ2v) is 11.4. The number of pyridine rings is 2. The number of aromatic nitrogens is 3. The minimum absolute atomic E-state index is 0.0101. The van der Waals surface area contributed by atoms with Gasteiger partial charge in [-0.25, -0.2) is 9.78 Å². The Morgan fingerprint density at radius 2 is 1.95 bits per heavy atom. The number of piperidine rings is 1. The second-order valence-electron chi connectivity index (χ2n) is 11.1. The fourth-order valence-corrected chi connectivity index (χ4v) is 5.77. The van der Waals surface area contributed by atoms with Crippen molar-refractivity contribution in [3.63, 3.8) is 0 Å². The molecule has 5 heterocycles. The molecule has 0 saturated carbocycles. The van der Waals surface area contributed by atoms with E-state index in [4.69, 9.17) is 16.3 Å². The van der Waals surface area contributed by atoms with Crippen LogP contribution in [0.15, 0.2) is 36.7 Å². The van der Waals surface area contributed by atoms with Gasteiger partial charge in [0.25, 0.3) is 0 Å². The molecule has 2 amide bonds. The van der Waals surface area contributed by atoms with E-state index in [1.165, 1.54) is 0 Å². The van der Waals surface area contributed by atoms with Crippen molar-refractivity contribution in [1.82, 2.24) is 19.4 Å². The lowest BCUT2D eigenvalue weighted by Crippen LogP contribution is -2.50. The number of aryl methyl sites for hydroxylation is 1. The molecule has 1 saturated heterocycles. The number of hydrogen-bond acceptors (Lipinski definition) is 5. The molecule has 2 aliphatic heterocycles. The molecule has 0 bridgehead atoms. The molecule has 8 nitrogen and oxygen atoms in total. The van der Waals surface area contributed by atoms with Crippen molar-refractivity contribution in [2.45, 2.75) is 70.6 Å². The van der Waals surface area contributed by atoms with E-state index in [1.807, 2.05) is 39.0 Å². The largest absolute Gasteiger partial charge is 0.444 e. The van der Waals surface area contributed by atoms with Crippen LogP contribution in [0.5, 0.6) is 0 Å². The van der Waals surface area contributed by atoms with E-state index in [2.05, 4.69) is 14.5 Å². The molecule has 0 unspecified atom stereocenters. The zero-order valence-electron chi connectivity index (χ0n) is 22.0. The number of likely N-dealkylation sites (tertiary alicyclic amines) is 1. The molecule has 1 fully saturated rings. The van der Waals surface area contributed by atoms with Crippen molar-refractivity contribution in [3.8, 4) is 0 Å². The molecule has 5 rings (SSSR count). The van der Waals surface area contributed by atoms with Crippen LogP contribution in [0, 0.1) is 0 Å². The zero-order valence-corrected chi connectivity index (χ0v) is 22.8. The minimum Gasteiger partial charge on any atom is -0.444 e. The fraction of sp³-hybridized carbons (Fsp3) is 0.500. The summed E-state index contributed by atoms with van der Waals surface area (Å²) in [5.74, 6) is 0.0101. The maximum Gasteiger partial charge on any atom is 0.410 e. The number of fused-ring (bicyclic) bond motifs is 3. The van der Waals surface area contributed by atoms with Gasteiger partial charge in [-0.15, -0.1) is 0 Å². The molecular weight excluding hydrogens is 509 g/mol. The molecule has 3 aromatic rings. The number of nitrogens with zero attached hydrogens (tertiary/aromatic N) is 5. The summed E-state index contributed by atoms with van der Waals surface area (Å²) in [4.78, 5) is 39.1. The quantitative estimate of drug-likeness (QED) is 0.297. The predicted octanol–water partition coefficient (Wildman–Crippen LogP) is 5.65. The summed E-state index contributed by atoms with van der Waals surface area (Å²) in [6.07, 6.45) is 5.27. The van der Waals surface area contributed by atoms with Crippen LogP contribution in [0.3, 0.4) is 0 Å². The summed E-state index contributed by atoms with van der Waals surface area (Å²) in [5.41, 5.74) is 2.99. The van der Waals surface area contributed by atoms with Gasteiger partial charge in [-0.2, -0.15) is 0 Å². The molecule has 0 atom stereocenters. The highest BCUT2D eigenvalue weighted by Gasteiger charge is 2.53. The molecule has 10 heteroatoms. The summed E-state index contributed by atoms with van der Waals surface area (Å²) in [5, 5.41) is 0.396. The number of alkyl halides is 1. The van der Waals surface area contributed by atoms with Crippen molar-refractivity contribution >= 4 is 40.3 Å². The minimum atomic E-state index is -0.719. The van der Waals surface area contributed by atoms with Crippen molar-refractivity contribution in [1.29, 1.82) is 0 Å². The van der Waals surface area contributed by atoms with Crippen LogP contribution in [0.4, 0.5) is 14.9 Å². The van der Waals surface area contributed by atoms with Gasteiger partial charge in [0, 0.05) is 31.5 Å². The standard InChI is InChI=1S/C28H33ClFN5O3/c1-27(2,3)38-26(37)33-14-9-28(10-15-33)20-8-12-31-17-23(20)35(25(28)36)18-19-16-21-22(6-7-24(29)32-21)34(19)13-5-4-11-30/h6-8,12,16-17H,4-5,9-11,13-15,18H2,1-3H3. The van der Waals surface area contributed by atoms with Crippen LogP contribution in [0.2, 0.25) is 5.15 Å². The number of anilines is 1. The molecule has 0 N–H and O–H groups in total. The number of hydrogen-bond donors (Lipinski definition) is 0. The average molecular weight is 542 g/mol. The Hall–Kier alpha value is -3.20. The Labute approximate surface area is 226 Å². The average Bonchev–Trinajstić information content (AvgIpc) is 3.32. The molecule has 2 aliphatic rings. The summed E-state index contributed by atoms with van der Waals surface area (Å²) in [7, 11) is 0. The van der Waals surface area contributed by atoms with Gasteiger partial charge >= 0.3 is 6.09 Å². The van der Waals surface area contributed by atoms with Gasteiger partial charge in [0.05, 0.1) is 41.6 Å². The third-order valence-corrected chi connectivity index (χ3v) is 7.63. The first-order valence-electron chi connectivity index (χ1n) is 13.1. The molecule has 3 aromatic heterocycles. The number of unbranched alkanes of at least 4 members (excludes halogenated alkanes) is 1. The van der Waals surface area contributed by atoms with Crippen LogP contribution < -0.4 is 4.90 Å². The molecule has 0 aromatic carbocycles. The highest BCUT2D eigenvalue weighted by molar-refractivity contribution is 6.29. The van der Waals surface area contributed by atoms with E-state index >= 15 is 0 Å². The van der Waals surface area contributed by atoms with Gasteiger partial charge in [-0.1, -0.05) is 11.6 Å². The van der Waals surface area contributed by atoms with Gasteiger partial charge in [-0.05, 0) is 76.3 Å². The first-order chi connectivity index (χ1) is 18.1. The monoisotopic (exact) mass is 541 g/mol. The maximum atomic E-state index is 14.2. The lowest BCUT2D eigenvalue weighted by molar-refractivity contribution is -0.125.